The first kappa shape index (κ1) is 13.2. The van der Waals surface area contributed by atoms with Crippen molar-refractivity contribution >= 4 is 15.9 Å². The molecule has 1 heterocycles. The number of hydrogen-bond donors (Lipinski definition) is 1. The Kier molecular flexibility index (Phi) is 4.09. The van der Waals surface area contributed by atoms with Gasteiger partial charge in [0.05, 0.1) is 10.5 Å². The third kappa shape index (κ3) is 2.60. The van der Waals surface area contributed by atoms with E-state index in [2.05, 4.69) is 26.2 Å². The Morgan fingerprint density at radius 3 is 2.72 bits per heavy atom. The third-order valence-corrected chi connectivity index (χ3v) is 3.56. The number of aromatic nitrogens is 1. The zero-order chi connectivity index (χ0) is 13.1. The highest BCUT2D eigenvalue weighted by molar-refractivity contribution is 9.10. The number of benzene rings is 1. The van der Waals surface area contributed by atoms with Crippen LogP contribution >= 0.6 is 15.9 Å². The predicted octanol–water partition coefficient (Wildman–Crippen LogP) is 3.60. The molecule has 2 aromatic rings. The minimum atomic E-state index is -0.253. The Balaban J connectivity index is 2.45. The summed E-state index contributed by atoms with van der Waals surface area (Å²) in [6.45, 7) is 2.04. The Morgan fingerprint density at radius 1 is 1.33 bits per heavy atom. The highest BCUT2D eigenvalue weighted by Gasteiger charge is 2.15. The van der Waals surface area contributed by atoms with E-state index in [0.29, 0.717) is 4.47 Å². The maximum atomic E-state index is 13.3. The summed E-state index contributed by atoms with van der Waals surface area (Å²) in [5.74, 6) is -0.253. The van der Waals surface area contributed by atoms with Crippen molar-refractivity contribution in [2.24, 2.45) is 0 Å². The normalized spacial score (nSPS) is 12.4. The molecule has 0 saturated heterocycles. The average Bonchev–Trinajstić information content (AvgIpc) is 2.37. The predicted molar refractivity (Wildman–Crippen MR) is 74.0 cm³/mol. The van der Waals surface area contributed by atoms with Crippen LogP contribution in [0.5, 0.6) is 0 Å². The molecule has 0 aliphatic rings. The summed E-state index contributed by atoms with van der Waals surface area (Å²) in [6, 6.07) is 7.03. The van der Waals surface area contributed by atoms with Gasteiger partial charge in [-0.2, -0.15) is 0 Å². The average molecular weight is 309 g/mol. The van der Waals surface area contributed by atoms with E-state index in [4.69, 9.17) is 0 Å². The monoisotopic (exact) mass is 308 g/mol. The number of halogens is 2. The lowest BCUT2D eigenvalue weighted by molar-refractivity contribution is 0.616. The zero-order valence-electron chi connectivity index (χ0n) is 10.2. The van der Waals surface area contributed by atoms with Crippen molar-refractivity contribution in [1.82, 2.24) is 10.3 Å². The summed E-state index contributed by atoms with van der Waals surface area (Å²) in [4.78, 5) is 4.15. The number of aryl methyl sites for hydroxylation is 1. The van der Waals surface area contributed by atoms with Gasteiger partial charge in [-0.1, -0.05) is 6.07 Å². The molecular weight excluding hydrogens is 295 g/mol. The molecular formula is C14H14BrFN2. The lowest BCUT2D eigenvalue weighted by atomic mass is 9.97. The summed E-state index contributed by atoms with van der Waals surface area (Å²) >= 11 is 3.22. The maximum absolute atomic E-state index is 13.3. The maximum Gasteiger partial charge on any atom is 0.137 e. The molecule has 2 rings (SSSR count). The van der Waals surface area contributed by atoms with Crippen LogP contribution in [0.2, 0.25) is 0 Å². The molecule has 2 nitrogen and oxygen atoms in total. The first-order valence-corrected chi connectivity index (χ1v) is 6.45. The second kappa shape index (κ2) is 5.59. The molecule has 0 amide bonds. The van der Waals surface area contributed by atoms with Crippen LogP contribution in [0.15, 0.2) is 41.1 Å². The molecule has 1 aromatic heterocycles. The van der Waals surface area contributed by atoms with Gasteiger partial charge in [0.15, 0.2) is 0 Å². The van der Waals surface area contributed by atoms with Gasteiger partial charge >= 0.3 is 0 Å². The standard InChI is InChI=1S/C14H14BrFN2/c1-9-5-6-18-8-11(9)14(17-2)10-3-4-13(16)12(15)7-10/h3-8,14,17H,1-2H3. The van der Waals surface area contributed by atoms with Crippen molar-refractivity contribution in [2.45, 2.75) is 13.0 Å². The minimum Gasteiger partial charge on any atom is -0.309 e. The summed E-state index contributed by atoms with van der Waals surface area (Å²) in [7, 11) is 1.88. The van der Waals surface area contributed by atoms with Gasteiger partial charge in [-0.3, -0.25) is 4.98 Å². The van der Waals surface area contributed by atoms with Crippen molar-refractivity contribution < 1.29 is 4.39 Å². The molecule has 1 atom stereocenters. The van der Waals surface area contributed by atoms with E-state index in [0.717, 1.165) is 16.7 Å². The Morgan fingerprint density at radius 2 is 2.11 bits per heavy atom. The first-order valence-electron chi connectivity index (χ1n) is 5.66. The zero-order valence-corrected chi connectivity index (χ0v) is 11.8. The molecule has 0 bridgehead atoms. The largest absolute Gasteiger partial charge is 0.309 e. The van der Waals surface area contributed by atoms with Gasteiger partial charge in [0.2, 0.25) is 0 Å². The fourth-order valence-electron chi connectivity index (χ4n) is 1.97. The smallest absolute Gasteiger partial charge is 0.137 e. The van der Waals surface area contributed by atoms with Gasteiger partial charge in [-0.05, 0) is 64.8 Å². The summed E-state index contributed by atoms with van der Waals surface area (Å²) < 4.78 is 13.7. The quantitative estimate of drug-likeness (QED) is 0.937. The van der Waals surface area contributed by atoms with Crippen molar-refractivity contribution in [2.75, 3.05) is 7.05 Å². The highest BCUT2D eigenvalue weighted by Crippen LogP contribution is 2.27. The van der Waals surface area contributed by atoms with E-state index in [1.807, 2.05) is 26.2 Å². The molecule has 4 heteroatoms. The number of rotatable bonds is 3. The van der Waals surface area contributed by atoms with Crippen molar-refractivity contribution in [3.8, 4) is 0 Å². The molecule has 0 spiro atoms. The molecule has 18 heavy (non-hydrogen) atoms. The molecule has 1 unspecified atom stereocenters. The lowest BCUT2D eigenvalue weighted by Crippen LogP contribution is -2.19. The number of hydrogen-bond acceptors (Lipinski definition) is 2. The SMILES string of the molecule is CNC(c1ccc(F)c(Br)c1)c1cnccc1C. The van der Waals surface area contributed by atoms with Crippen LogP contribution in [0.1, 0.15) is 22.7 Å². The summed E-state index contributed by atoms with van der Waals surface area (Å²) in [5, 5.41) is 3.24. The second-order valence-corrected chi connectivity index (χ2v) is 4.98. The van der Waals surface area contributed by atoms with Crippen LogP contribution in [0.25, 0.3) is 0 Å². The van der Waals surface area contributed by atoms with E-state index < -0.39 is 0 Å². The van der Waals surface area contributed by atoms with Crippen molar-refractivity contribution in [3.05, 3.63) is 63.6 Å². The molecule has 1 N–H and O–H groups in total. The van der Waals surface area contributed by atoms with Gasteiger partial charge in [0.1, 0.15) is 5.82 Å². The Labute approximate surface area is 114 Å². The van der Waals surface area contributed by atoms with E-state index in [9.17, 15) is 4.39 Å². The second-order valence-electron chi connectivity index (χ2n) is 4.13. The van der Waals surface area contributed by atoms with Crippen LogP contribution in [0.3, 0.4) is 0 Å². The molecule has 1 aromatic carbocycles. The van der Waals surface area contributed by atoms with Crippen LogP contribution in [0.4, 0.5) is 4.39 Å². The van der Waals surface area contributed by atoms with E-state index >= 15 is 0 Å². The molecule has 0 aliphatic carbocycles. The van der Waals surface area contributed by atoms with E-state index in [1.165, 1.54) is 6.07 Å². The summed E-state index contributed by atoms with van der Waals surface area (Å²) in [6.07, 6.45) is 3.61. The van der Waals surface area contributed by atoms with Crippen LogP contribution < -0.4 is 5.32 Å². The number of pyridine rings is 1. The fourth-order valence-corrected chi connectivity index (χ4v) is 2.37. The minimum absolute atomic E-state index is 0.00981. The van der Waals surface area contributed by atoms with Crippen LogP contribution in [-0.4, -0.2) is 12.0 Å². The van der Waals surface area contributed by atoms with Gasteiger partial charge in [-0.15, -0.1) is 0 Å². The number of nitrogens with one attached hydrogen (secondary N) is 1. The molecule has 0 radical (unpaired) electrons. The first-order chi connectivity index (χ1) is 8.63. The van der Waals surface area contributed by atoms with Gasteiger partial charge in [-0.25, -0.2) is 4.39 Å². The van der Waals surface area contributed by atoms with Gasteiger partial charge in [0, 0.05) is 12.4 Å². The Hall–Kier alpha value is -1.26. The fraction of sp³-hybridized carbons (Fsp3) is 0.214. The van der Waals surface area contributed by atoms with Gasteiger partial charge in [0.25, 0.3) is 0 Å². The van der Waals surface area contributed by atoms with Crippen molar-refractivity contribution in [1.29, 1.82) is 0 Å². The van der Waals surface area contributed by atoms with E-state index in [1.54, 1.807) is 18.3 Å². The van der Waals surface area contributed by atoms with E-state index in [-0.39, 0.29) is 11.9 Å². The topological polar surface area (TPSA) is 24.9 Å². The van der Waals surface area contributed by atoms with Crippen LogP contribution in [-0.2, 0) is 0 Å². The van der Waals surface area contributed by atoms with Crippen LogP contribution in [0, 0.1) is 12.7 Å². The molecule has 0 saturated carbocycles. The lowest BCUT2D eigenvalue weighted by Gasteiger charge is -2.19. The highest BCUT2D eigenvalue weighted by atomic mass is 79.9. The third-order valence-electron chi connectivity index (χ3n) is 2.96. The van der Waals surface area contributed by atoms with Crippen molar-refractivity contribution in [3.63, 3.8) is 0 Å². The molecule has 0 aliphatic heterocycles. The summed E-state index contributed by atoms with van der Waals surface area (Å²) in [5.41, 5.74) is 3.25. The number of nitrogens with zero attached hydrogens (tertiary/aromatic N) is 1. The molecule has 0 fully saturated rings. The molecule has 94 valence electrons. The van der Waals surface area contributed by atoms with Gasteiger partial charge < -0.3 is 5.32 Å². The Bertz CT molecular complexity index is 557.